The van der Waals surface area contributed by atoms with Gasteiger partial charge in [-0.1, -0.05) is 71.0 Å². The summed E-state index contributed by atoms with van der Waals surface area (Å²) in [6.45, 7) is 11.1. The van der Waals surface area contributed by atoms with Gasteiger partial charge in [0, 0.05) is 10.8 Å². The van der Waals surface area contributed by atoms with Crippen LogP contribution in [-0.4, -0.2) is 10.2 Å². The van der Waals surface area contributed by atoms with Gasteiger partial charge in [-0.05, 0) is 22.3 Å². The Kier molecular flexibility index (Phi) is 3.20. The molecular formula is C19H22N2. The van der Waals surface area contributed by atoms with Crippen molar-refractivity contribution >= 4 is 21.7 Å². The van der Waals surface area contributed by atoms with E-state index in [1.165, 1.54) is 21.7 Å². The zero-order valence-corrected chi connectivity index (χ0v) is 13.4. The number of hydrogen-bond donors (Lipinski definition) is 0. The van der Waals surface area contributed by atoms with Gasteiger partial charge in [-0.3, -0.25) is 0 Å². The fourth-order valence-corrected chi connectivity index (χ4v) is 3.05. The molecule has 3 aromatic rings. The Bertz CT molecular complexity index is 811. The summed E-state index contributed by atoms with van der Waals surface area (Å²) >= 11 is 0. The molecule has 0 amide bonds. The molecule has 0 aliphatic heterocycles. The molecule has 3 rings (SSSR count). The van der Waals surface area contributed by atoms with Gasteiger partial charge >= 0.3 is 0 Å². The van der Waals surface area contributed by atoms with Gasteiger partial charge in [-0.25, -0.2) is 0 Å². The van der Waals surface area contributed by atoms with Gasteiger partial charge in [0.25, 0.3) is 0 Å². The Hall–Kier alpha value is -1.96. The summed E-state index contributed by atoms with van der Waals surface area (Å²) in [6.07, 6.45) is 0. The highest BCUT2D eigenvalue weighted by molar-refractivity contribution is 6.06. The quantitative estimate of drug-likeness (QED) is 0.571. The van der Waals surface area contributed by atoms with E-state index in [0.29, 0.717) is 5.92 Å². The van der Waals surface area contributed by atoms with Crippen LogP contribution in [0, 0.1) is 0 Å². The molecule has 2 nitrogen and oxygen atoms in total. The number of nitrogens with zero attached hydrogens (tertiary/aromatic N) is 2. The first kappa shape index (κ1) is 14.0. The Morgan fingerprint density at radius 1 is 0.857 bits per heavy atom. The van der Waals surface area contributed by atoms with Crippen LogP contribution in [0.3, 0.4) is 0 Å². The predicted octanol–water partition coefficient (Wildman–Crippen LogP) is 5.20. The van der Waals surface area contributed by atoms with Gasteiger partial charge in [-0.2, -0.15) is 5.10 Å². The zero-order valence-electron chi connectivity index (χ0n) is 13.4. The first-order chi connectivity index (χ1) is 9.89. The molecule has 0 fully saturated rings. The minimum Gasteiger partial charge on any atom is -0.154 e. The topological polar surface area (TPSA) is 25.8 Å². The molecule has 2 heteroatoms. The van der Waals surface area contributed by atoms with Crippen molar-refractivity contribution in [2.75, 3.05) is 0 Å². The number of aromatic nitrogens is 2. The van der Waals surface area contributed by atoms with Crippen molar-refractivity contribution in [1.29, 1.82) is 0 Å². The molecule has 108 valence electrons. The predicted molar refractivity (Wildman–Crippen MR) is 89.8 cm³/mol. The largest absolute Gasteiger partial charge is 0.154 e. The molecule has 0 spiro atoms. The molecule has 0 saturated carbocycles. The fraction of sp³-hybridized carbons (Fsp3) is 0.368. The van der Waals surface area contributed by atoms with Crippen molar-refractivity contribution in [2.45, 2.75) is 46.0 Å². The summed E-state index contributed by atoms with van der Waals surface area (Å²) in [4.78, 5) is 0. The minimum absolute atomic E-state index is 0.0518. The minimum atomic E-state index is 0.0518. The van der Waals surface area contributed by atoms with Crippen LogP contribution >= 0.6 is 0 Å². The molecule has 1 heterocycles. The van der Waals surface area contributed by atoms with Gasteiger partial charge in [0.1, 0.15) is 5.52 Å². The van der Waals surface area contributed by atoms with E-state index in [-0.39, 0.29) is 5.41 Å². The molecule has 1 aromatic heterocycles. The number of rotatable bonds is 1. The lowest BCUT2D eigenvalue weighted by atomic mass is 9.81. The first-order valence-corrected chi connectivity index (χ1v) is 7.58. The van der Waals surface area contributed by atoms with E-state index in [4.69, 9.17) is 0 Å². The fourth-order valence-electron chi connectivity index (χ4n) is 3.05. The summed E-state index contributed by atoms with van der Waals surface area (Å²) in [7, 11) is 0. The monoisotopic (exact) mass is 278 g/mol. The molecule has 0 aliphatic carbocycles. The molecule has 0 radical (unpaired) electrons. The van der Waals surface area contributed by atoms with Crippen molar-refractivity contribution < 1.29 is 0 Å². The standard InChI is InChI=1S/C19H22N2/c1-12(2)17-16(19(3,4)5)15-11-10-13-8-6-7-9-14(13)18(15)21-20-17/h6-12H,1-5H3. The summed E-state index contributed by atoms with van der Waals surface area (Å²) in [5, 5.41) is 12.8. The van der Waals surface area contributed by atoms with Gasteiger partial charge in [0.05, 0.1) is 5.69 Å². The lowest BCUT2D eigenvalue weighted by molar-refractivity contribution is 0.573. The Labute approximate surface area is 126 Å². The normalized spacial score (nSPS) is 12.5. The molecule has 21 heavy (non-hydrogen) atoms. The third-order valence-electron chi connectivity index (χ3n) is 3.98. The van der Waals surface area contributed by atoms with Crippen LogP contribution in [0.1, 0.15) is 51.8 Å². The summed E-state index contributed by atoms with van der Waals surface area (Å²) in [6, 6.07) is 12.8. The molecule has 0 atom stereocenters. The lowest BCUT2D eigenvalue weighted by Gasteiger charge is -2.25. The van der Waals surface area contributed by atoms with E-state index < -0.39 is 0 Å². The highest BCUT2D eigenvalue weighted by Crippen LogP contribution is 2.36. The van der Waals surface area contributed by atoms with Crippen LogP contribution in [0.2, 0.25) is 0 Å². The van der Waals surface area contributed by atoms with E-state index in [1.807, 2.05) is 0 Å². The molecular weight excluding hydrogens is 256 g/mol. The van der Waals surface area contributed by atoms with E-state index in [2.05, 4.69) is 81.2 Å². The average molecular weight is 278 g/mol. The third-order valence-corrected chi connectivity index (χ3v) is 3.98. The molecule has 0 N–H and O–H groups in total. The van der Waals surface area contributed by atoms with Crippen molar-refractivity contribution in [1.82, 2.24) is 10.2 Å². The Morgan fingerprint density at radius 3 is 2.24 bits per heavy atom. The number of fused-ring (bicyclic) bond motifs is 3. The van der Waals surface area contributed by atoms with Crippen molar-refractivity contribution in [3.63, 3.8) is 0 Å². The van der Waals surface area contributed by atoms with Crippen molar-refractivity contribution in [3.8, 4) is 0 Å². The summed E-state index contributed by atoms with van der Waals surface area (Å²) in [5.41, 5.74) is 3.51. The van der Waals surface area contributed by atoms with Gasteiger partial charge < -0.3 is 0 Å². The average Bonchev–Trinajstić information content (AvgIpc) is 2.44. The van der Waals surface area contributed by atoms with Crippen LogP contribution in [0.15, 0.2) is 36.4 Å². The second-order valence-electron chi connectivity index (χ2n) is 7.05. The Balaban J connectivity index is 2.49. The van der Waals surface area contributed by atoms with Crippen molar-refractivity contribution in [3.05, 3.63) is 47.7 Å². The summed E-state index contributed by atoms with van der Waals surface area (Å²) in [5.74, 6) is 0.377. The van der Waals surface area contributed by atoms with Gasteiger partial charge in [-0.15, -0.1) is 5.10 Å². The number of hydrogen-bond acceptors (Lipinski definition) is 2. The summed E-state index contributed by atoms with van der Waals surface area (Å²) < 4.78 is 0. The SMILES string of the molecule is CC(C)c1nnc2c(ccc3ccccc32)c1C(C)(C)C. The maximum absolute atomic E-state index is 4.57. The second kappa shape index (κ2) is 4.80. The molecule has 0 unspecified atom stereocenters. The molecule has 2 aromatic carbocycles. The van der Waals surface area contributed by atoms with Crippen LogP contribution in [0.4, 0.5) is 0 Å². The Morgan fingerprint density at radius 2 is 1.57 bits per heavy atom. The maximum atomic E-state index is 4.57. The molecule has 0 aliphatic rings. The van der Waals surface area contributed by atoms with Crippen LogP contribution in [0.25, 0.3) is 21.7 Å². The van der Waals surface area contributed by atoms with E-state index in [9.17, 15) is 0 Å². The molecule has 0 saturated heterocycles. The van der Waals surface area contributed by atoms with Gasteiger partial charge in [0.15, 0.2) is 0 Å². The second-order valence-corrected chi connectivity index (χ2v) is 7.05. The van der Waals surface area contributed by atoms with Crippen LogP contribution in [0.5, 0.6) is 0 Å². The van der Waals surface area contributed by atoms with Crippen LogP contribution < -0.4 is 0 Å². The zero-order chi connectivity index (χ0) is 15.2. The number of benzene rings is 2. The van der Waals surface area contributed by atoms with Crippen molar-refractivity contribution in [2.24, 2.45) is 0 Å². The van der Waals surface area contributed by atoms with E-state index in [1.54, 1.807) is 0 Å². The van der Waals surface area contributed by atoms with E-state index in [0.717, 1.165) is 11.2 Å². The smallest absolute Gasteiger partial charge is 0.101 e. The molecule has 0 bridgehead atoms. The lowest BCUT2D eigenvalue weighted by Crippen LogP contribution is -2.18. The first-order valence-electron chi connectivity index (χ1n) is 7.58. The maximum Gasteiger partial charge on any atom is 0.101 e. The highest BCUT2D eigenvalue weighted by atomic mass is 15.1. The van der Waals surface area contributed by atoms with E-state index >= 15 is 0 Å². The van der Waals surface area contributed by atoms with Crippen LogP contribution in [-0.2, 0) is 5.41 Å². The van der Waals surface area contributed by atoms with Gasteiger partial charge in [0.2, 0.25) is 0 Å². The third kappa shape index (κ3) is 2.29. The highest BCUT2D eigenvalue weighted by Gasteiger charge is 2.24.